The molecular weight excluding hydrogens is 378 g/mol. The molecule has 0 bridgehead atoms. The Kier molecular flexibility index (Phi) is 7.31. The Hall–Kier alpha value is -2.71. The van der Waals surface area contributed by atoms with Crippen LogP contribution in [-0.4, -0.2) is 43.7 Å². The molecule has 0 spiro atoms. The lowest BCUT2D eigenvalue weighted by atomic mass is 10.2. The molecule has 0 aliphatic heterocycles. The fourth-order valence-electron chi connectivity index (χ4n) is 2.63. The van der Waals surface area contributed by atoms with Crippen LogP contribution in [0.25, 0.3) is 0 Å². The molecule has 0 aromatic heterocycles. The van der Waals surface area contributed by atoms with E-state index in [-0.39, 0.29) is 10.8 Å². The molecule has 1 unspecified atom stereocenters. The van der Waals surface area contributed by atoms with E-state index in [0.29, 0.717) is 24.3 Å². The third kappa shape index (κ3) is 5.17. The molecule has 2 aromatic carbocycles. The fourth-order valence-corrected chi connectivity index (χ4v) is 4.14. The molecule has 2 amide bonds. The Morgan fingerprint density at radius 3 is 2.25 bits per heavy atom. The molecule has 1 atom stereocenters. The zero-order valence-electron chi connectivity index (χ0n) is 16.2. The van der Waals surface area contributed by atoms with E-state index in [1.807, 2.05) is 0 Å². The van der Waals surface area contributed by atoms with Crippen molar-refractivity contribution in [1.82, 2.24) is 9.62 Å². The molecule has 7 nitrogen and oxygen atoms in total. The summed E-state index contributed by atoms with van der Waals surface area (Å²) in [5.41, 5.74) is 0.800. The van der Waals surface area contributed by atoms with Crippen molar-refractivity contribution in [3.05, 3.63) is 60.2 Å². The van der Waals surface area contributed by atoms with Gasteiger partial charge in [0, 0.05) is 24.3 Å². The van der Waals surface area contributed by atoms with E-state index >= 15 is 0 Å². The topological polar surface area (TPSA) is 95.6 Å². The number of sulfonamides is 1. The zero-order valence-corrected chi connectivity index (χ0v) is 17.0. The largest absolute Gasteiger partial charge is 0.341 e. The van der Waals surface area contributed by atoms with Crippen LogP contribution < -0.4 is 10.6 Å². The molecule has 150 valence electrons. The van der Waals surface area contributed by atoms with Gasteiger partial charge in [0.25, 0.3) is 5.91 Å². The molecule has 2 N–H and O–H groups in total. The van der Waals surface area contributed by atoms with E-state index in [1.165, 1.54) is 16.4 Å². The van der Waals surface area contributed by atoms with Gasteiger partial charge in [0.05, 0.1) is 4.90 Å². The Balaban J connectivity index is 2.09. The molecule has 8 heteroatoms. The number of rotatable bonds is 8. The van der Waals surface area contributed by atoms with Crippen LogP contribution in [0.1, 0.15) is 31.1 Å². The first-order valence-corrected chi connectivity index (χ1v) is 10.5. The molecular formula is C20H25N3O4S. The lowest BCUT2D eigenvalue weighted by molar-refractivity contribution is -0.117. The molecule has 2 aromatic rings. The summed E-state index contributed by atoms with van der Waals surface area (Å²) in [6.45, 7) is 5.82. The van der Waals surface area contributed by atoms with Crippen LogP contribution in [0.15, 0.2) is 59.5 Å². The van der Waals surface area contributed by atoms with Gasteiger partial charge in [-0.2, -0.15) is 4.31 Å². The fraction of sp³-hybridized carbons (Fsp3) is 0.300. The van der Waals surface area contributed by atoms with Gasteiger partial charge in [-0.05, 0) is 37.3 Å². The summed E-state index contributed by atoms with van der Waals surface area (Å²) in [6, 6.07) is 13.9. The van der Waals surface area contributed by atoms with Crippen molar-refractivity contribution in [2.75, 3.05) is 18.4 Å². The highest BCUT2D eigenvalue weighted by Gasteiger charge is 2.22. The molecule has 0 aliphatic carbocycles. The van der Waals surface area contributed by atoms with Gasteiger partial charge in [-0.3, -0.25) is 9.59 Å². The van der Waals surface area contributed by atoms with Crippen molar-refractivity contribution in [3.8, 4) is 0 Å². The van der Waals surface area contributed by atoms with E-state index in [9.17, 15) is 18.0 Å². The number of nitrogens with one attached hydrogen (secondary N) is 2. The van der Waals surface area contributed by atoms with E-state index in [4.69, 9.17) is 0 Å². The van der Waals surface area contributed by atoms with Crippen LogP contribution in [0.2, 0.25) is 0 Å². The Morgan fingerprint density at radius 2 is 1.64 bits per heavy atom. The number of nitrogens with zero attached hydrogens (tertiary/aromatic N) is 1. The van der Waals surface area contributed by atoms with Crippen LogP contribution in [-0.2, 0) is 14.8 Å². The number of anilines is 1. The minimum atomic E-state index is -3.62. The SMILES string of the molecule is CCN(CC)S(=O)(=O)c1cccc(NC(=O)C(C)NC(=O)c2ccccc2)c1. The van der Waals surface area contributed by atoms with Crippen molar-refractivity contribution in [2.45, 2.75) is 31.7 Å². The van der Waals surface area contributed by atoms with Crippen LogP contribution in [0, 0.1) is 0 Å². The molecule has 0 saturated heterocycles. The molecule has 0 heterocycles. The molecule has 0 fully saturated rings. The predicted octanol–water partition coefficient (Wildman–Crippen LogP) is 2.47. The van der Waals surface area contributed by atoms with Crippen LogP contribution in [0.3, 0.4) is 0 Å². The molecule has 0 aliphatic rings. The minimum Gasteiger partial charge on any atom is -0.341 e. The number of carbonyl (C=O) groups excluding carboxylic acids is 2. The third-order valence-corrected chi connectivity index (χ3v) is 6.27. The summed E-state index contributed by atoms with van der Waals surface area (Å²) in [5, 5.41) is 5.27. The van der Waals surface area contributed by atoms with Gasteiger partial charge in [-0.15, -0.1) is 0 Å². The lowest BCUT2D eigenvalue weighted by Crippen LogP contribution is -2.41. The first-order chi connectivity index (χ1) is 13.3. The van der Waals surface area contributed by atoms with Crippen LogP contribution >= 0.6 is 0 Å². The lowest BCUT2D eigenvalue weighted by Gasteiger charge is -2.19. The highest BCUT2D eigenvalue weighted by atomic mass is 32.2. The van der Waals surface area contributed by atoms with E-state index in [0.717, 1.165) is 0 Å². The first kappa shape index (κ1) is 21.6. The Labute approximate surface area is 165 Å². The minimum absolute atomic E-state index is 0.106. The number of hydrogen-bond acceptors (Lipinski definition) is 4. The van der Waals surface area contributed by atoms with E-state index < -0.39 is 22.0 Å². The summed E-state index contributed by atoms with van der Waals surface area (Å²) in [5.74, 6) is -0.803. The maximum atomic E-state index is 12.6. The zero-order chi connectivity index (χ0) is 20.7. The second kappa shape index (κ2) is 9.48. The summed E-state index contributed by atoms with van der Waals surface area (Å²) in [6.07, 6.45) is 0. The number of amides is 2. The second-order valence-corrected chi connectivity index (χ2v) is 8.11. The van der Waals surface area contributed by atoms with Gasteiger partial charge in [0.1, 0.15) is 6.04 Å². The van der Waals surface area contributed by atoms with Crippen molar-refractivity contribution in [3.63, 3.8) is 0 Å². The van der Waals surface area contributed by atoms with E-state index in [1.54, 1.807) is 63.2 Å². The number of hydrogen-bond donors (Lipinski definition) is 2. The molecule has 2 rings (SSSR count). The molecule has 0 radical (unpaired) electrons. The first-order valence-electron chi connectivity index (χ1n) is 9.06. The van der Waals surface area contributed by atoms with Gasteiger partial charge in [-0.1, -0.05) is 38.1 Å². The molecule has 28 heavy (non-hydrogen) atoms. The van der Waals surface area contributed by atoms with Gasteiger partial charge in [-0.25, -0.2) is 8.42 Å². The van der Waals surface area contributed by atoms with Crippen molar-refractivity contribution in [2.24, 2.45) is 0 Å². The van der Waals surface area contributed by atoms with Crippen molar-refractivity contribution in [1.29, 1.82) is 0 Å². The quantitative estimate of drug-likeness (QED) is 0.708. The van der Waals surface area contributed by atoms with Crippen molar-refractivity contribution < 1.29 is 18.0 Å². The Morgan fingerprint density at radius 1 is 1.00 bits per heavy atom. The highest BCUT2D eigenvalue weighted by Crippen LogP contribution is 2.19. The van der Waals surface area contributed by atoms with Crippen LogP contribution in [0.4, 0.5) is 5.69 Å². The monoisotopic (exact) mass is 403 g/mol. The second-order valence-electron chi connectivity index (χ2n) is 6.17. The summed E-state index contributed by atoms with van der Waals surface area (Å²) in [4.78, 5) is 24.7. The molecule has 0 saturated carbocycles. The Bertz CT molecular complexity index is 925. The maximum absolute atomic E-state index is 12.6. The average Bonchev–Trinajstić information content (AvgIpc) is 2.69. The number of carbonyl (C=O) groups is 2. The smallest absolute Gasteiger partial charge is 0.251 e. The van der Waals surface area contributed by atoms with Crippen LogP contribution in [0.5, 0.6) is 0 Å². The van der Waals surface area contributed by atoms with Gasteiger partial charge >= 0.3 is 0 Å². The summed E-state index contributed by atoms with van der Waals surface area (Å²) >= 11 is 0. The third-order valence-electron chi connectivity index (χ3n) is 4.22. The predicted molar refractivity (Wildman–Crippen MR) is 109 cm³/mol. The normalized spacial score (nSPS) is 12.4. The van der Waals surface area contributed by atoms with E-state index in [2.05, 4.69) is 10.6 Å². The summed E-state index contributed by atoms with van der Waals surface area (Å²) < 4.78 is 26.6. The highest BCUT2D eigenvalue weighted by molar-refractivity contribution is 7.89. The van der Waals surface area contributed by atoms with Gasteiger partial charge in [0.2, 0.25) is 15.9 Å². The van der Waals surface area contributed by atoms with Crippen molar-refractivity contribution >= 4 is 27.5 Å². The summed E-state index contributed by atoms with van der Waals surface area (Å²) in [7, 11) is -3.62. The van der Waals surface area contributed by atoms with Gasteiger partial charge < -0.3 is 10.6 Å². The maximum Gasteiger partial charge on any atom is 0.251 e. The average molecular weight is 404 g/mol. The number of benzene rings is 2. The standard InChI is InChI=1S/C20H25N3O4S/c1-4-23(5-2)28(26,27)18-13-9-12-17(14-18)22-19(24)15(3)21-20(25)16-10-7-6-8-11-16/h6-15H,4-5H2,1-3H3,(H,21,25)(H,22,24). The van der Waals surface area contributed by atoms with Gasteiger partial charge in [0.15, 0.2) is 0 Å².